The van der Waals surface area contributed by atoms with Gasteiger partial charge in [0.15, 0.2) is 5.96 Å². The van der Waals surface area contributed by atoms with E-state index < -0.39 is 0 Å². The number of aliphatic imine (C=N–C) groups is 1. The van der Waals surface area contributed by atoms with Crippen molar-refractivity contribution in [2.45, 2.75) is 39.2 Å². The van der Waals surface area contributed by atoms with Crippen molar-refractivity contribution >= 4 is 29.9 Å². The fourth-order valence-electron chi connectivity index (χ4n) is 2.18. The van der Waals surface area contributed by atoms with E-state index in [4.69, 9.17) is 5.73 Å². The number of unbranched alkanes of at least 4 members (excludes halogenated alkanes) is 1. The van der Waals surface area contributed by atoms with Crippen LogP contribution in [0.15, 0.2) is 29.3 Å². The Kier molecular flexibility index (Phi) is 11.3. The van der Waals surface area contributed by atoms with Crippen LogP contribution < -0.4 is 11.1 Å². The quantitative estimate of drug-likeness (QED) is 0.295. The van der Waals surface area contributed by atoms with E-state index in [0.717, 1.165) is 25.8 Å². The molecule has 1 rings (SSSR count). The molecule has 5 heteroatoms. The normalized spacial score (nSPS) is 12.9. The van der Waals surface area contributed by atoms with E-state index >= 15 is 0 Å². The van der Waals surface area contributed by atoms with Crippen molar-refractivity contribution < 1.29 is 0 Å². The van der Waals surface area contributed by atoms with E-state index in [0.29, 0.717) is 12.5 Å². The molecule has 22 heavy (non-hydrogen) atoms. The minimum Gasteiger partial charge on any atom is -0.370 e. The van der Waals surface area contributed by atoms with E-state index in [-0.39, 0.29) is 30.0 Å². The Labute approximate surface area is 152 Å². The maximum absolute atomic E-state index is 5.91. The molecule has 0 bridgehead atoms. The highest BCUT2D eigenvalue weighted by atomic mass is 127. The van der Waals surface area contributed by atoms with Gasteiger partial charge in [-0.1, -0.05) is 44.5 Å². The van der Waals surface area contributed by atoms with Crippen molar-refractivity contribution in [1.29, 1.82) is 0 Å². The Morgan fingerprint density at radius 2 is 1.86 bits per heavy atom. The molecule has 0 saturated heterocycles. The number of benzene rings is 1. The highest BCUT2D eigenvalue weighted by molar-refractivity contribution is 14.0. The number of hydrogen-bond acceptors (Lipinski definition) is 2. The van der Waals surface area contributed by atoms with Gasteiger partial charge in [-0.3, -0.25) is 4.99 Å². The Morgan fingerprint density at radius 1 is 1.23 bits per heavy atom. The third-order valence-electron chi connectivity index (χ3n) is 3.67. The maximum atomic E-state index is 5.91. The van der Waals surface area contributed by atoms with Crippen LogP contribution in [-0.2, 0) is 6.42 Å². The zero-order chi connectivity index (χ0) is 15.7. The standard InChI is InChI=1S/C17H30N4.HI/c1-5-7-12-19-17(18)20-13-16(21(3)4)15-10-8-14(6-2)9-11-15;/h8-11,16H,5-7,12-13H2,1-4H3,(H3,18,19,20);1H. The van der Waals surface area contributed by atoms with Gasteiger partial charge in [0.1, 0.15) is 0 Å². The first-order chi connectivity index (χ1) is 10.1. The number of rotatable bonds is 8. The molecule has 0 saturated carbocycles. The van der Waals surface area contributed by atoms with E-state index in [2.05, 4.69) is 67.4 Å². The third kappa shape index (κ3) is 7.45. The average Bonchev–Trinajstić information content (AvgIpc) is 2.48. The summed E-state index contributed by atoms with van der Waals surface area (Å²) in [6, 6.07) is 9.03. The largest absolute Gasteiger partial charge is 0.370 e. The van der Waals surface area contributed by atoms with Crippen LogP contribution in [0.25, 0.3) is 0 Å². The van der Waals surface area contributed by atoms with E-state index in [1.54, 1.807) is 0 Å². The van der Waals surface area contributed by atoms with Gasteiger partial charge < -0.3 is 16.0 Å². The number of nitrogens with zero attached hydrogens (tertiary/aromatic N) is 2. The Balaban J connectivity index is 0.00000441. The molecular formula is C17H31IN4. The highest BCUT2D eigenvalue weighted by Gasteiger charge is 2.13. The fraction of sp³-hybridized carbons (Fsp3) is 0.588. The van der Waals surface area contributed by atoms with Gasteiger partial charge in [0, 0.05) is 6.54 Å². The molecule has 0 aliphatic heterocycles. The van der Waals surface area contributed by atoms with Gasteiger partial charge in [-0.25, -0.2) is 0 Å². The van der Waals surface area contributed by atoms with Crippen molar-refractivity contribution in [3.63, 3.8) is 0 Å². The highest BCUT2D eigenvalue weighted by Crippen LogP contribution is 2.19. The van der Waals surface area contributed by atoms with Crippen LogP contribution in [-0.4, -0.2) is 38.0 Å². The van der Waals surface area contributed by atoms with E-state index in [1.165, 1.54) is 11.1 Å². The average molecular weight is 418 g/mol. The molecular weight excluding hydrogens is 387 g/mol. The summed E-state index contributed by atoms with van der Waals surface area (Å²) in [5.74, 6) is 0.542. The lowest BCUT2D eigenvalue weighted by Gasteiger charge is -2.23. The maximum Gasteiger partial charge on any atom is 0.188 e. The molecule has 1 aromatic rings. The third-order valence-corrected chi connectivity index (χ3v) is 3.67. The summed E-state index contributed by atoms with van der Waals surface area (Å²) in [4.78, 5) is 6.66. The molecule has 1 aromatic carbocycles. The van der Waals surface area contributed by atoms with Crippen LogP contribution >= 0.6 is 24.0 Å². The first kappa shape index (κ1) is 21.2. The molecule has 0 aliphatic carbocycles. The van der Waals surface area contributed by atoms with Crippen LogP contribution in [0.4, 0.5) is 0 Å². The lowest BCUT2D eigenvalue weighted by molar-refractivity contribution is 0.306. The zero-order valence-electron chi connectivity index (χ0n) is 14.3. The Bertz CT molecular complexity index is 429. The topological polar surface area (TPSA) is 53.6 Å². The molecule has 1 atom stereocenters. The van der Waals surface area contributed by atoms with Gasteiger partial charge in [0.05, 0.1) is 12.6 Å². The molecule has 0 heterocycles. The molecule has 0 radical (unpaired) electrons. The van der Waals surface area contributed by atoms with Crippen LogP contribution in [0.2, 0.25) is 0 Å². The van der Waals surface area contributed by atoms with Crippen LogP contribution in [0.1, 0.15) is 43.9 Å². The van der Waals surface area contributed by atoms with Crippen LogP contribution in [0.5, 0.6) is 0 Å². The predicted octanol–water partition coefficient (Wildman–Crippen LogP) is 3.17. The van der Waals surface area contributed by atoms with Crippen molar-refractivity contribution in [2.75, 3.05) is 27.2 Å². The molecule has 0 aromatic heterocycles. The van der Waals surface area contributed by atoms with Gasteiger partial charge in [0.2, 0.25) is 0 Å². The number of nitrogens with two attached hydrogens (primary N) is 1. The molecule has 126 valence electrons. The monoisotopic (exact) mass is 418 g/mol. The van der Waals surface area contributed by atoms with Crippen molar-refractivity contribution in [3.8, 4) is 0 Å². The second-order valence-electron chi connectivity index (χ2n) is 5.58. The lowest BCUT2D eigenvalue weighted by atomic mass is 10.0. The zero-order valence-corrected chi connectivity index (χ0v) is 16.6. The Morgan fingerprint density at radius 3 is 2.36 bits per heavy atom. The predicted molar refractivity (Wildman–Crippen MR) is 107 cm³/mol. The summed E-state index contributed by atoms with van der Waals surface area (Å²) in [7, 11) is 4.16. The Hall–Kier alpha value is -0.820. The van der Waals surface area contributed by atoms with Gasteiger partial charge in [0.25, 0.3) is 0 Å². The summed E-state index contributed by atoms with van der Waals surface area (Å²) in [6.07, 6.45) is 3.34. The minimum absolute atomic E-state index is 0. The summed E-state index contributed by atoms with van der Waals surface area (Å²) < 4.78 is 0. The summed E-state index contributed by atoms with van der Waals surface area (Å²) in [5.41, 5.74) is 8.55. The first-order valence-electron chi connectivity index (χ1n) is 7.87. The van der Waals surface area contributed by atoms with Gasteiger partial charge in [-0.15, -0.1) is 24.0 Å². The number of halogens is 1. The lowest BCUT2D eigenvalue weighted by Crippen LogP contribution is -2.33. The number of aryl methyl sites for hydroxylation is 1. The second kappa shape index (κ2) is 11.7. The number of guanidine groups is 1. The molecule has 0 amide bonds. The smallest absolute Gasteiger partial charge is 0.188 e. The van der Waals surface area contributed by atoms with Crippen LogP contribution in [0.3, 0.4) is 0 Å². The summed E-state index contributed by atoms with van der Waals surface area (Å²) >= 11 is 0. The minimum atomic E-state index is 0. The summed E-state index contributed by atoms with van der Waals surface area (Å²) in [5, 5.41) is 3.16. The molecule has 0 spiro atoms. The molecule has 4 nitrogen and oxygen atoms in total. The number of nitrogens with one attached hydrogen (secondary N) is 1. The SMILES string of the molecule is CCCCNC(N)=NCC(c1ccc(CC)cc1)N(C)C.I. The first-order valence-corrected chi connectivity index (χ1v) is 7.87. The fourth-order valence-corrected chi connectivity index (χ4v) is 2.18. The van der Waals surface area contributed by atoms with Crippen molar-refractivity contribution in [1.82, 2.24) is 10.2 Å². The van der Waals surface area contributed by atoms with E-state index in [9.17, 15) is 0 Å². The number of hydrogen-bond donors (Lipinski definition) is 2. The van der Waals surface area contributed by atoms with Crippen molar-refractivity contribution in [2.24, 2.45) is 10.7 Å². The summed E-state index contributed by atoms with van der Waals surface area (Å²) in [6.45, 7) is 5.90. The van der Waals surface area contributed by atoms with Gasteiger partial charge in [-0.2, -0.15) is 0 Å². The van der Waals surface area contributed by atoms with Crippen molar-refractivity contribution in [3.05, 3.63) is 35.4 Å². The van der Waals surface area contributed by atoms with Crippen LogP contribution in [0, 0.1) is 0 Å². The molecule has 0 aliphatic rings. The second-order valence-corrected chi connectivity index (χ2v) is 5.58. The van der Waals surface area contributed by atoms with Gasteiger partial charge in [-0.05, 0) is 38.1 Å². The van der Waals surface area contributed by atoms with Gasteiger partial charge >= 0.3 is 0 Å². The van der Waals surface area contributed by atoms with E-state index in [1.807, 2.05) is 0 Å². The number of likely N-dealkylation sites (N-methyl/N-ethyl adjacent to an activating group) is 1. The molecule has 1 unspecified atom stereocenters. The molecule has 3 N–H and O–H groups in total. The molecule has 0 fully saturated rings.